The van der Waals surface area contributed by atoms with Crippen LogP contribution in [0.1, 0.15) is 28.9 Å². The predicted octanol–water partition coefficient (Wildman–Crippen LogP) is 3.95. The molecule has 148 valence electrons. The van der Waals surface area contributed by atoms with E-state index >= 15 is 0 Å². The minimum absolute atomic E-state index is 0.169. The van der Waals surface area contributed by atoms with Gasteiger partial charge in [-0.2, -0.15) is 5.10 Å². The number of aromatic nitrogens is 3. The van der Waals surface area contributed by atoms with Gasteiger partial charge in [0.15, 0.2) is 0 Å². The number of nitrogens with one attached hydrogen (secondary N) is 1. The second-order valence-electron chi connectivity index (χ2n) is 7.00. The lowest BCUT2D eigenvalue weighted by Crippen LogP contribution is -2.20. The number of hydrogen-bond acceptors (Lipinski definition) is 4. The first-order valence-electron chi connectivity index (χ1n) is 9.02. The molecular formula is C21H19ClN4O3. The molecule has 0 fully saturated rings. The van der Waals surface area contributed by atoms with Gasteiger partial charge in [-0.05, 0) is 36.8 Å². The van der Waals surface area contributed by atoms with E-state index in [2.05, 4.69) is 10.4 Å². The quantitative estimate of drug-likeness (QED) is 0.531. The number of para-hydroxylation sites is 1. The lowest BCUT2D eigenvalue weighted by atomic mass is 9.98. The van der Waals surface area contributed by atoms with Gasteiger partial charge in [0.2, 0.25) is 0 Å². The topological polar surface area (TPSA) is 89.2 Å². The van der Waals surface area contributed by atoms with Crippen LogP contribution >= 0.6 is 11.6 Å². The fourth-order valence-electron chi connectivity index (χ4n) is 3.83. The van der Waals surface area contributed by atoms with Crippen molar-refractivity contribution in [3.63, 3.8) is 0 Å². The van der Waals surface area contributed by atoms with E-state index in [0.717, 1.165) is 16.3 Å². The third-order valence-electron chi connectivity index (χ3n) is 5.16. The minimum atomic E-state index is -1.01. The Morgan fingerprint density at radius 3 is 2.66 bits per heavy atom. The molecule has 0 saturated carbocycles. The van der Waals surface area contributed by atoms with Crippen LogP contribution in [0, 0.1) is 0 Å². The van der Waals surface area contributed by atoms with Crippen LogP contribution in [-0.4, -0.2) is 25.4 Å². The maximum Gasteiger partial charge on any atom is 0.337 e. The Balaban J connectivity index is 1.97. The number of carbonyl (C=O) groups is 1. The molecule has 0 aliphatic carbocycles. The van der Waals surface area contributed by atoms with Gasteiger partial charge in [-0.25, -0.2) is 4.79 Å². The number of anilines is 1. The van der Waals surface area contributed by atoms with Gasteiger partial charge >= 0.3 is 5.97 Å². The Bertz CT molecular complexity index is 1340. The lowest BCUT2D eigenvalue weighted by Gasteiger charge is -2.20. The fraction of sp³-hybridized carbons (Fsp3) is 0.190. The smallest absolute Gasteiger partial charge is 0.337 e. The van der Waals surface area contributed by atoms with Crippen LogP contribution in [0.15, 0.2) is 47.4 Å². The van der Waals surface area contributed by atoms with Gasteiger partial charge in [-0.1, -0.05) is 23.7 Å². The van der Waals surface area contributed by atoms with E-state index in [1.165, 1.54) is 0 Å². The van der Waals surface area contributed by atoms with Crippen LogP contribution < -0.4 is 10.9 Å². The van der Waals surface area contributed by atoms with Gasteiger partial charge in [0, 0.05) is 47.0 Å². The average Bonchev–Trinajstić information content (AvgIpc) is 3.07. The third-order valence-corrected chi connectivity index (χ3v) is 5.38. The highest BCUT2D eigenvalue weighted by Gasteiger charge is 2.20. The summed E-state index contributed by atoms with van der Waals surface area (Å²) in [7, 11) is 3.49. The number of aromatic carboxylic acids is 1. The van der Waals surface area contributed by atoms with Gasteiger partial charge in [-0.3, -0.25) is 14.0 Å². The molecular weight excluding hydrogens is 392 g/mol. The zero-order valence-electron chi connectivity index (χ0n) is 16.1. The highest BCUT2D eigenvalue weighted by Crippen LogP contribution is 2.34. The number of aryl methyl sites for hydroxylation is 2. The van der Waals surface area contributed by atoms with Crippen molar-refractivity contribution in [1.82, 2.24) is 14.3 Å². The van der Waals surface area contributed by atoms with E-state index in [4.69, 9.17) is 11.6 Å². The van der Waals surface area contributed by atoms with Gasteiger partial charge in [0.25, 0.3) is 5.56 Å². The molecule has 1 unspecified atom stereocenters. The average molecular weight is 411 g/mol. The third kappa shape index (κ3) is 3.03. The van der Waals surface area contributed by atoms with E-state index in [1.54, 1.807) is 65.9 Å². The molecule has 2 heterocycles. The summed E-state index contributed by atoms with van der Waals surface area (Å²) in [6, 6.07) is 9.86. The molecule has 7 nitrogen and oxygen atoms in total. The number of pyridine rings is 1. The van der Waals surface area contributed by atoms with Crippen LogP contribution in [0.5, 0.6) is 0 Å². The Kier molecular flexibility index (Phi) is 4.55. The van der Waals surface area contributed by atoms with E-state index < -0.39 is 5.97 Å². The summed E-state index contributed by atoms with van der Waals surface area (Å²) in [6.07, 6.45) is 1.73. The number of rotatable bonds is 4. The largest absolute Gasteiger partial charge is 0.478 e. The van der Waals surface area contributed by atoms with Crippen molar-refractivity contribution >= 4 is 45.1 Å². The first-order valence-corrected chi connectivity index (χ1v) is 9.40. The second-order valence-corrected chi connectivity index (χ2v) is 7.44. The summed E-state index contributed by atoms with van der Waals surface area (Å²) >= 11 is 6.34. The van der Waals surface area contributed by atoms with Crippen LogP contribution in [0.3, 0.4) is 0 Å². The van der Waals surface area contributed by atoms with Crippen molar-refractivity contribution in [3.8, 4) is 0 Å². The van der Waals surface area contributed by atoms with E-state index in [1.807, 2.05) is 6.92 Å². The summed E-state index contributed by atoms with van der Waals surface area (Å²) < 4.78 is 3.22. The Hall–Kier alpha value is -3.32. The summed E-state index contributed by atoms with van der Waals surface area (Å²) in [5.74, 6) is -1.01. The number of benzene rings is 2. The number of halogens is 1. The molecule has 2 N–H and O–H groups in total. The maximum absolute atomic E-state index is 13.0. The molecule has 0 radical (unpaired) electrons. The van der Waals surface area contributed by atoms with E-state index in [0.29, 0.717) is 21.7 Å². The molecule has 0 aliphatic heterocycles. The SMILES string of the molecule is CC(Nc1ccccc1C(=O)O)c1cc(Cl)cc2c(=O)n(C)c3c(cnn3C)c12. The number of fused-ring (bicyclic) bond motifs is 3. The second kappa shape index (κ2) is 6.93. The Labute approximate surface area is 171 Å². The number of hydrogen-bond donors (Lipinski definition) is 2. The molecule has 1 atom stereocenters. The highest BCUT2D eigenvalue weighted by atomic mass is 35.5. The summed E-state index contributed by atoms with van der Waals surface area (Å²) in [6.45, 7) is 1.91. The molecule has 0 bridgehead atoms. The van der Waals surface area contributed by atoms with Crippen molar-refractivity contribution in [2.45, 2.75) is 13.0 Å². The fourth-order valence-corrected chi connectivity index (χ4v) is 4.05. The highest BCUT2D eigenvalue weighted by molar-refractivity contribution is 6.31. The van der Waals surface area contributed by atoms with Crippen molar-refractivity contribution in [2.24, 2.45) is 14.1 Å². The standard InChI is InChI=1S/C21H19ClN4O3/c1-11(24-17-7-5-4-6-13(17)21(28)29)14-8-12(22)9-15-18(14)16-10-23-26(3)19(16)25(2)20(15)27/h4-11,24H,1-3H3,(H,28,29). The summed E-state index contributed by atoms with van der Waals surface area (Å²) in [5.41, 5.74) is 1.99. The lowest BCUT2D eigenvalue weighted by molar-refractivity contribution is 0.0698. The van der Waals surface area contributed by atoms with Crippen molar-refractivity contribution in [2.75, 3.05) is 5.32 Å². The van der Waals surface area contributed by atoms with Crippen molar-refractivity contribution in [1.29, 1.82) is 0 Å². The zero-order valence-corrected chi connectivity index (χ0v) is 16.9. The molecule has 29 heavy (non-hydrogen) atoms. The van der Waals surface area contributed by atoms with Gasteiger partial charge in [0.05, 0.1) is 11.8 Å². The van der Waals surface area contributed by atoms with Gasteiger partial charge < -0.3 is 10.4 Å². The molecule has 2 aromatic heterocycles. The molecule has 0 saturated heterocycles. The van der Waals surface area contributed by atoms with Crippen LogP contribution in [0.2, 0.25) is 5.02 Å². The molecule has 0 spiro atoms. The predicted molar refractivity (Wildman–Crippen MR) is 114 cm³/mol. The normalized spacial score (nSPS) is 12.4. The number of carboxylic acids is 1. The van der Waals surface area contributed by atoms with Crippen LogP contribution in [0.4, 0.5) is 5.69 Å². The number of carboxylic acid groups (broad SMARTS) is 1. The zero-order chi connectivity index (χ0) is 20.9. The molecule has 4 rings (SSSR count). The maximum atomic E-state index is 13.0. The first kappa shape index (κ1) is 19.0. The van der Waals surface area contributed by atoms with Crippen LogP contribution in [0.25, 0.3) is 21.8 Å². The minimum Gasteiger partial charge on any atom is -0.478 e. The molecule has 8 heteroatoms. The van der Waals surface area contributed by atoms with E-state index in [9.17, 15) is 14.7 Å². The molecule has 0 amide bonds. The van der Waals surface area contributed by atoms with Crippen LogP contribution in [-0.2, 0) is 14.1 Å². The molecule has 4 aromatic rings. The molecule has 0 aliphatic rings. The first-order chi connectivity index (χ1) is 13.8. The van der Waals surface area contributed by atoms with Crippen molar-refractivity contribution < 1.29 is 9.90 Å². The number of nitrogens with zero attached hydrogens (tertiary/aromatic N) is 3. The monoisotopic (exact) mass is 410 g/mol. The summed E-state index contributed by atoms with van der Waals surface area (Å²) in [4.78, 5) is 24.5. The van der Waals surface area contributed by atoms with Gasteiger partial charge in [-0.15, -0.1) is 0 Å². The summed E-state index contributed by atoms with van der Waals surface area (Å²) in [5, 5.41) is 19.6. The Morgan fingerprint density at radius 1 is 1.21 bits per heavy atom. The molecule has 2 aromatic carbocycles. The van der Waals surface area contributed by atoms with Gasteiger partial charge in [0.1, 0.15) is 5.65 Å². The van der Waals surface area contributed by atoms with E-state index in [-0.39, 0.29) is 17.2 Å². The van der Waals surface area contributed by atoms with Crippen molar-refractivity contribution in [3.05, 3.63) is 69.1 Å². The Morgan fingerprint density at radius 2 is 1.93 bits per heavy atom.